The molecule has 4 heteroatoms. The van der Waals surface area contributed by atoms with Gasteiger partial charge in [0.1, 0.15) is 0 Å². The number of hydrogen-bond donors (Lipinski definition) is 0. The molecule has 2 aliphatic heterocycles. The maximum absolute atomic E-state index is 12.9. The fourth-order valence-corrected chi connectivity index (χ4v) is 4.46. The number of carbonyl (C=O) groups is 2. The summed E-state index contributed by atoms with van der Waals surface area (Å²) in [5.41, 5.74) is 0. The zero-order chi connectivity index (χ0) is 14.8. The van der Waals surface area contributed by atoms with E-state index in [0.29, 0.717) is 18.4 Å². The molecule has 2 unspecified atom stereocenters. The van der Waals surface area contributed by atoms with Crippen LogP contribution in [0.5, 0.6) is 0 Å². The lowest BCUT2D eigenvalue weighted by molar-refractivity contribution is -0.145. The summed E-state index contributed by atoms with van der Waals surface area (Å²) in [5.74, 6) is 1.06. The zero-order valence-electron chi connectivity index (χ0n) is 13.2. The summed E-state index contributed by atoms with van der Waals surface area (Å²) in [7, 11) is 1.84. The van der Waals surface area contributed by atoms with Gasteiger partial charge in [-0.25, -0.2) is 0 Å². The van der Waals surface area contributed by atoms with Crippen LogP contribution in [0.4, 0.5) is 0 Å². The van der Waals surface area contributed by atoms with Crippen molar-refractivity contribution >= 4 is 11.8 Å². The van der Waals surface area contributed by atoms with Crippen LogP contribution < -0.4 is 0 Å². The molecule has 1 saturated carbocycles. The van der Waals surface area contributed by atoms with E-state index < -0.39 is 0 Å². The zero-order valence-corrected chi connectivity index (χ0v) is 13.2. The first kappa shape index (κ1) is 14.9. The number of carbonyl (C=O) groups excluding carboxylic acids is 2. The van der Waals surface area contributed by atoms with E-state index in [1.54, 1.807) is 4.90 Å². The molecule has 0 spiro atoms. The minimum absolute atomic E-state index is 0.0575. The lowest BCUT2D eigenvalue weighted by atomic mass is 9.82. The summed E-state index contributed by atoms with van der Waals surface area (Å²) in [4.78, 5) is 28.6. The SMILES string of the molecule is CN1CCC(C(=O)N2CCCC2C2CCCCC2)CC1=O. The fourth-order valence-electron chi connectivity index (χ4n) is 4.46. The Hall–Kier alpha value is -1.06. The number of rotatable bonds is 2. The molecule has 0 aromatic heterocycles. The van der Waals surface area contributed by atoms with Gasteiger partial charge >= 0.3 is 0 Å². The fraction of sp³-hybridized carbons (Fsp3) is 0.882. The van der Waals surface area contributed by atoms with Crippen LogP contribution in [0.2, 0.25) is 0 Å². The van der Waals surface area contributed by atoms with Crippen molar-refractivity contribution in [1.82, 2.24) is 9.80 Å². The highest BCUT2D eigenvalue weighted by Gasteiger charge is 2.39. The van der Waals surface area contributed by atoms with Crippen molar-refractivity contribution in [2.24, 2.45) is 11.8 Å². The molecule has 1 aliphatic carbocycles. The molecule has 2 saturated heterocycles. The van der Waals surface area contributed by atoms with Gasteiger partial charge in [0, 0.05) is 38.5 Å². The van der Waals surface area contributed by atoms with Crippen molar-refractivity contribution in [3.8, 4) is 0 Å². The Kier molecular flexibility index (Phi) is 4.51. The summed E-state index contributed by atoms with van der Waals surface area (Å²) >= 11 is 0. The monoisotopic (exact) mass is 292 g/mol. The topological polar surface area (TPSA) is 40.6 Å². The van der Waals surface area contributed by atoms with Crippen molar-refractivity contribution in [2.75, 3.05) is 20.1 Å². The van der Waals surface area contributed by atoms with E-state index in [1.807, 2.05) is 7.05 Å². The number of hydrogen-bond acceptors (Lipinski definition) is 2. The van der Waals surface area contributed by atoms with Gasteiger partial charge in [-0.2, -0.15) is 0 Å². The second-order valence-electron chi connectivity index (χ2n) is 7.14. The summed E-state index contributed by atoms with van der Waals surface area (Å²) < 4.78 is 0. The number of piperidine rings is 1. The van der Waals surface area contributed by atoms with Crippen molar-refractivity contribution < 1.29 is 9.59 Å². The summed E-state index contributed by atoms with van der Waals surface area (Å²) in [5, 5.41) is 0. The smallest absolute Gasteiger partial charge is 0.226 e. The van der Waals surface area contributed by atoms with Crippen molar-refractivity contribution in [1.29, 1.82) is 0 Å². The Balaban J connectivity index is 1.64. The highest BCUT2D eigenvalue weighted by molar-refractivity contribution is 5.87. The second-order valence-corrected chi connectivity index (χ2v) is 7.14. The predicted molar refractivity (Wildman–Crippen MR) is 81.7 cm³/mol. The van der Waals surface area contributed by atoms with Gasteiger partial charge < -0.3 is 9.80 Å². The standard InChI is InChI=1S/C17H28N2O2/c1-18-11-9-14(12-16(18)20)17(21)19-10-5-8-15(19)13-6-3-2-4-7-13/h13-15H,2-12H2,1H3. The lowest BCUT2D eigenvalue weighted by Gasteiger charge is -2.37. The molecule has 2 heterocycles. The van der Waals surface area contributed by atoms with E-state index in [4.69, 9.17) is 0 Å². The molecular formula is C17H28N2O2. The minimum Gasteiger partial charge on any atom is -0.346 e. The first-order chi connectivity index (χ1) is 10.2. The highest BCUT2D eigenvalue weighted by atomic mass is 16.2. The maximum Gasteiger partial charge on any atom is 0.226 e. The predicted octanol–water partition coefficient (Wildman–Crippen LogP) is 2.43. The first-order valence-electron chi connectivity index (χ1n) is 8.71. The van der Waals surface area contributed by atoms with Gasteiger partial charge in [0.25, 0.3) is 0 Å². The molecule has 3 rings (SSSR count). The molecule has 0 bridgehead atoms. The van der Waals surface area contributed by atoms with Gasteiger partial charge in [-0.15, -0.1) is 0 Å². The van der Waals surface area contributed by atoms with Crippen LogP contribution in [0.25, 0.3) is 0 Å². The van der Waals surface area contributed by atoms with Crippen LogP contribution in [0.3, 0.4) is 0 Å². The third kappa shape index (κ3) is 3.09. The van der Waals surface area contributed by atoms with E-state index in [-0.39, 0.29) is 17.7 Å². The number of amides is 2. The van der Waals surface area contributed by atoms with Gasteiger partial charge in [-0.05, 0) is 38.0 Å². The van der Waals surface area contributed by atoms with Crippen LogP contribution in [-0.4, -0.2) is 47.8 Å². The van der Waals surface area contributed by atoms with Gasteiger partial charge in [0.15, 0.2) is 0 Å². The van der Waals surface area contributed by atoms with Crippen LogP contribution >= 0.6 is 0 Å². The molecule has 3 aliphatic rings. The van der Waals surface area contributed by atoms with Gasteiger partial charge in [0.05, 0.1) is 0 Å². The van der Waals surface area contributed by atoms with Gasteiger partial charge in [-0.1, -0.05) is 19.3 Å². The summed E-state index contributed by atoms with van der Waals surface area (Å²) in [6.45, 7) is 1.65. The Morgan fingerprint density at radius 2 is 1.76 bits per heavy atom. The van der Waals surface area contributed by atoms with Crippen molar-refractivity contribution in [2.45, 2.75) is 63.8 Å². The first-order valence-corrected chi connectivity index (χ1v) is 8.71. The Bertz CT molecular complexity index is 404. The van der Waals surface area contributed by atoms with Crippen molar-refractivity contribution in [3.63, 3.8) is 0 Å². The quantitative estimate of drug-likeness (QED) is 0.784. The van der Waals surface area contributed by atoms with E-state index in [2.05, 4.69) is 4.90 Å². The Morgan fingerprint density at radius 1 is 1.00 bits per heavy atom. The largest absolute Gasteiger partial charge is 0.346 e. The van der Waals surface area contributed by atoms with E-state index in [0.717, 1.165) is 25.9 Å². The van der Waals surface area contributed by atoms with Gasteiger partial charge in [0.2, 0.25) is 11.8 Å². The number of likely N-dealkylation sites (tertiary alicyclic amines) is 2. The van der Waals surface area contributed by atoms with Crippen LogP contribution in [0, 0.1) is 11.8 Å². The normalized spacial score (nSPS) is 31.8. The average Bonchev–Trinajstić information content (AvgIpc) is 2.99. The molecule has 2 amide bonds. The molecule has 0 N–H and O–H groups in total. The average molecular weight is 292 g/mol. The van der Waals surface area contributed by atoms with Crippen LogP contribution in [0.1, 0.15) is 57.8 Å². The number of nitrogens with zero attached hydrogens (tertiary/aromatic N) is 2. The van der Waals surface area contributed by atoms with E-state index in [1.165, 1.54) is 38.5 Å². The maximum atomic E-state index is 12.9. The van der Waals surface area contributed by atoms with Crippen LogP contribution in [0.15, 0.2) is 0 Å². The molecule has 0 aromatic rings. The van der Waals surface area contributed by atoms with Crippen LogP contribution in [-0.2, 0) is 9.59 Å². The van der Waals surface area contributed by atoms with Gasteiger partial charge in [-0.3, -0.25) is 9.59 Å². The molecule has 118 valence electrons. The lowest BCUT2D eigenvalue weighted by Crippen LogP contribution is -2.47. The Labute approximate surface area is 127 Å². The molecule has 0 aromatic carbocycles. The highest BCUT2D eigenvalue weighted by Crippen LogP contribution is 2.35. The second kappa shape index (κ2) is 6.37. The molecule has 21 heavy (non-hydrogen) atoms. The molecule has 3 fully saturated rings. The molecular weight excluding hydrogens is 264 g/mol. The third-order valence-corrected chi connectivity index (χ3v) is 5.79. The van der Waals surface area contributed by atoms with Crippen molar-refractivity contribution in [3.05, 3.63) is 0 Å². The Morgan fingerprint density at radius 3 is 2.48 bits per heavy atom. The van der Waals surface area contributed by atoms with E-state index >= 15 is 0 Å². The molecule has 0 radical (unpaired) electrons. The summed E-state index contributed by atoms with van der Waals surface area (Å²) in [6, 6.07) is 0.465. The van der Waals surface area contributed by atoms with E-state index in [9.17, 15) is 9.59 Å². The minimum atomic E-state index is -0.0575. The third-order valence-electron chi connectivity index (χ3n) is 5.79. The molecule has 4 nitrogen and oxygen atoms in total. The summed E-state index contributed by atoms with van der Waals surface area (Å²) in [6.07, 6.45) is 10.2. The molecule has 2 atom stereocenters.